The van der Waals surface area contributed by atoms with Crippen molar-refractivity contribution in [2.24, 2.45) is 0 Å². The van der Waals surface area contributed by atoms with Crippen molar-refractivity contribution in [3.05, 3.63) is 83.4 Å². The molecule has 1 amide bonds. The fourth-order valence-corrected chi connectivity index (χ4v) is 5.78. The van der Waals surface area contributed by atoms with Crippen molar-refractivity contribution in [2.45, 2.75) is 37.3 Å². The van der Waals surface area contributed by atoms with Crippen LogP contribution in [0.3, 0.4) is 0 Å². The average molecular weight is 525 g/mol. The minimum absolute atomic E-state index is 0.0441. The number of ether oxygens (including phenoxy) is 3. The van der Waals surface area contributed by atoms with Crippen molar-refractivity contribution in [1.82, 2.24) is 4.90 Å². The van der Waals surface area contributed by atoms with Crippen LogP contribution in [0.15, 0.2) is 71.6 Å². The van der Waals surface area contributed by atoms with Gasteiger partial charge in [-0.15, -0.1) is 0 Å². The lowest BCUT2D eigenvalue weighted by atomic mass is 10.0. The summed E-state index contributed by atoms with van der Waals surface area (Å²) in [4.78, 5) is 15.3. The normalized spacial score (nSPS) is 17.5. The molecular formula is C28H32N2O6S. The van der Waals surface area contributed by atoms with Gasteiger partial charge < -0.3 is 19.1 Å². The van der Waals surface area contributed by atoms with Gasteiger partial charge in [-0.2, -0.15) is 0 Å². The highest BCUT2D eigenvalue weighted by Gasteiger charge is 2.37. The number of rotatable bonds is 9. The number of sulfonamides is 1. The van der Waals surface area contributed by atoms with Crippen LogP contribution in [0, 0.1) is 13.8 Å². The van der Waals surface area contributed by atoms with E-state index in [-0.39, 0.29) is 28.7 Å². The van der Waals surface area contributed by atoms with Gasteiger partial charge in [0.05, 0.1) is 32.0 Å². The summed E-state index contributed by atoms with van der Waals surface area (Å²) < 4.78 is 45.3. The van der Waals surface area contributed by atoms with Gasteiger partial charge in [-0.25, -0.2) is 8.42 Å². The zero-order valence-electron chi connectivity index (χ0n) is 21.4. The zero-order valence-corrected chi connectivity index (χ0v) is 22.2. The lowest BCUT2D eigenvalue weighted by molar-refractivity contribution is 0.0624. The minimum atomic E-state index is -3.87. The van der Waals surface area contributed by atoms with E-state index in [1.807, 2.05) is 36.9 Å². The highest BCUT2D eigenvalue weighted by Crippen LogP contribution is 2.29. The SMILES string of the molecule is COC[C@@H]1C[C@H](Oc2cccc(NS(=O)(=O)c3ccccc3OC)c2)CN1C(=O)c1cc(C)ccc1C. The fraction of sp³-hybridized carbons (Fsp3) is 0.321. The van der Waals surface area contributed by atoms with Gasteiger partial charge >= 0.3 is 0 Å². The monoisotopic (exact) mass is 524 g/mol. The van der Waals surface area contributed by atoms with Crippen LogP contribution < -0.4 is 14.2 Å². The summed E-state index contributed by atoms with van der Waals surface area (Å²) in [7, 11) is -0.831. The molecule has 0 unspecified atom stereocenters. The third-order valence-electron chi connectivity index (χ3n) is 6.37. The average Bonchev–Trinajstić information content (AvgIpc) is 3.27. The van der Waals surface area contributed by atoms with E-state index in [1.165, 1.54) is 13.2 Å². The third-order valence-corrected chi connectivity index (χ3v) is 7.79. The van der Waals surface area contributed by atoms with Gasteiger partial charge in [-0.3, -0.25) is 9.52 Å². The molecule has 1 fully saturated rings. The second-order valence-electron chi connectivity index (χ2n) is 9.14. The van der Waals surface area contributed by atoms with Crippen molar-refractivity contribution in [1.29, 1.82) is 0 Å². The largest absolute Gasteiger partial charge is 0.495 e. The number of likely N-dealkylation sites (tertiary alicyclic amines) is 1. The Morgan fingerprint density at radius 1 is 1.03 bits per heavy atom. The number of methoxy groups -OCH3 is 2. The van der Waals surface area contributed by atoms with Crippen LogP contribution in [0.2, 0.25) is 0 Å². The maximum Gasteiger partial charge on any atom is 0.265 e. The van der Waals surface area contributed by atoms with E-state index in [4.69, 9.17) is 14.2 Å². The predicted octanol–water partition coefficient (Wildman–Crippen LogP) is 4.42. The van der Waals surface area contributed by atoms with E-state index >= 15 is 0 Å². The molecule has 4 rings (SSSR count). The summed E-state index contributed by atoms with van der Waals surface area (Å²) in [6.45, 7) is 4.69. The zero-order chi connectivity index (χ0) is 26.6. The van der Waals surface area contributed by atoms with E-state index in [0.717, 1.165) is 11.1 Å². The minimum Gasteiger partial charge on any atom is -0.495 e. The summed E-state index contributed by atoms with van der Waals surface area (Å²) in [6.07, 6.45) is 0.331. The molecule has 0 spiro atoms. The summed E-state index contributed by atoms with van der Waals surface area (Å²) in [5.74, 6) is 0.709. The number of hydrogen-bond donors (Lipinski definition) is 1. The van der Waals surface area contributed by atoms with E-state index < -0.39 is 10.0 Å². The van der Waals surface area contributed by atoms with Gasteiger partial charge in [0.2, 0.25) is 0 Å². The molecule has 0 radical (unpaired) electrons. The van der Waals surface area contributed by atoms with Crippen LogP contribution in [0.5, 0.6) is 11.5 Å². The van der Waals surface area contributed by atoms with Crippen LogP contribution in [0.4, 0.5) is 5.69 Å². The number of hydrogen-bond acceptors (Lipinski definition) is 6. The first-order chi connectivity index (χ1) is 17.7. The molecule has 8 nitrogen and oxygen atoms in total. The topological polar surface area (TPSA) is 94.2 Å². The van der Waals surface area contributed by atoms with Crippen molar-refractivity contribution in [2.75, 3.05) is 32.1 Å². The highest BCUT2D eigenvalue weighted by molar-refractivity contribution is 7.92. The number of benzene rings is 3. The molecule has 196 valence electrons. The molecule has 9 heteroatoms. The summed E-state index contributed by atoms with van der Waals surface area (Å²) in [5, 5.41) is 0. The number of para-hydroxylation sites is 1. The molecule has 1 aliphatic rings. The number of nitrogens with zero attached hydrogens (tertiary/aromatic N) is 1. The Morgan fingerprint density at radius 3 is 2.57 bits per heavy atom. The lowest BCUT2D eigenvalue weighted by Gasteiger charge is -2.24. The number of carbonyl (C=O) groups excluding carboxylic acids is 1. The molecule has 0 aromatic heterocycles. The highest BCUT2D eigenvalue weighted by atomic mass is 32.2. The lowest BCUT2D eigenvalue weighted by Crippen LogP contribution is -2.39. The smallest absolute Gasteiger partial charge is 0.265 e. The van der Waals surface area contributed by atoms with Crippen LogP contribution in [-0.2, 0) is 14.8 Å². The van der Waals surface area contributed by atoms with E-state index in [1.54, 1.807) is 49.6 Å². The first-order valence-corrected chi connectivity index (χ1v) is 13.5. The first kappa shape index (κ1) is 26.5. The number of amides is 1. The van der Waals surface area contributed by atoms with Crippen molar-refractivity contribution in [3.63, 3.8) is 0 Å². The molecular weight excluding hydrogens is 492 g/mol. The van der Waals surface area contributed by atoms with Crippen LogP contribution in [-0.4, -0.2) is 58.7 Å². The summed E-state index contributed by atoms with van der Waals surface area (Å²) in [5.41, 5.74) is 2.98. The number of anilines is 1. The summed E-state index contributed by atoms with van der Waals surface area (Å²) >= 11 is 0. The molecule has 1 N–H and O–H groups in total. The van der Waals surface area contributed by atoms with Crippen LogP contribution >= 0.6 is 0 Å². The molecule has 37 heavy (non-hydrogen) atoms. The third kappa shape index (κ3) is 6.06. The Balaban J connectivity index is 1.50. The van der Waals surface area contributed by atoms with Crippen LogP contribution in [0.1, 0.15) is 27.9 Å². The molecule has 0 saturated carbocycles. The quantitative estimate of drug-likeness (QED) is 0.445. The molecule has 1 saturated heterocycles. The molecule has 0 aliphatic carbocycles. The standard InChI is InChI=1S/C28H32N2O6S/c1-19-12-13-20(2)25(14-19)28(31)30-17-24(16-22(30)18-34-3)36-23-9-7-8-21(15-23)29-37(32,33)27-11-6-5-10-26(27)35-4/h5-15,22,24,29H,16-18H2,1-4H3/t22-,24-/m0/s1. The maximum absolute atomic E-state index is 13.4. The Labute approximate surface area is 218 Å². The van der Waals surface area contributed by atoms with E-state index in [0.29, 0.717) is 36.6 Å². The molecule has 1 heterocycles. The van der Waals surface area contributed by atoms with Gasteiger partial charge in [0.1, 0.15) is 22.5 Å². The van der Waals surface area contributed by atoms with Gasteiger partial charge in [0.25, 0.3) is 15.9 Å². The Kier molecular flexibility index (Phi) is 8.04. The van der Waals surface area contributed by atoms with Crippen LogP contribution in [0.25, 0.3) is 0 Å². The molecule has 1 aliphatic heterocycles. The van der Waals surface area contributed by atoms with E-state index in [2.05, 4.69) is 4.72 Å². The Hall–Kier alpha value is -3.56. The molecule has 2 atom stereocenters. The Morgan fingerprint density at radius 2 is 1.81 bits per heavy atom. The predicted molar refractivity (Wildman–Crippen MR) is 142 cm³/mol. The van der Waals surface area contributed by atoms with Gasteiger partial charge in [0.15, 0.2) is 0 Å². The number of nitrogens with one attached hydrogen (secondary N) is 1. The number of aryl methyl sites for hydroxylation is 2. The maximum atomic E-state index is 13.4. The number of carbonyl (C=O) groups is 1. The Bertz CT molecular complexity index is 1370. The fourth-order valence-electron chi connectivity index (χ4n) is 4.56. The van der Waals surface area contributed by atoms with Crippen molar-refractivity contribution in [3.8, 4) is 11.5 Å². The van der Waals surface area contributed by atoms with E-state index in [9.17, 15) is 13.2 Å². The second-order valence-corrected chi connectivity index (χ2v) is 10.8. The summed E-state index contributed by atoms with van der Waals surface area (Å²) in [6, 6.07) is 18.9. The molecule has 0 bridgehead atoms. The first-order valence-electron chi connectivity index (χ1n) is 12.0. The van der Waals surface area contributed by atoms with Crippen molar-refractivity contribution < 1.29 is 27.4 Å². The van der Waals surface area contributed by atoms with Gasteiger partial charge in [0, 0.05) is 25.2 Å². The van der Waals surface area contributed by atoms with Gasteiger partial charge in [-0.1, -0.05) is 35.9 Å². The molecule has 3 aromatic rings. The van der Waals surface area contributed by atoms with Crippen molar-refractivity contribution >= 4 is 21.6 Å². The second kappa shape index (κ2) is 11.2. The molecule has 3 aromatic carbocycles. The van der Waals surface area contributed by atoms with Gasteiger partial charge in [-0.05, 0) is 49.7 Å².